The smallest absolute Gasteiger partial charge is 0.341 e. The van der Waals surface area contributed by atoms with E-state index in [0.29, 0.717) is 11.1 Å². The van der Waals surface area contributed by atoms with Gasteiger partial charge in [0.15, 0.2) is 5.78 Å². The first-order chi connectivity index (χ1) is 18.0. The summed E-state index contributed by atoms with van der Waals surface area (Å²) in [6, 6.07) is 12.6. The third kappa shape index (κ3) is 5.52. The second-order valence-electron chi connectivity index (χ2n) is 8.87. The van der Waals surface area contributed by atoms with E-state index >= 15 is 0 Å². The van der Waals surface area contributed by atoms with Gasteiger partial charge in [-0.25, -0.2) is 0 Å². The lowest BCUT2D eigenvalue weighted by atomic mass is 9.74. The van der Waals surface area contributed by atoms with Crippen molar-refractivity contribution in [2.24, 2.45) is 5.92 Å². The van der Waals surface area contributed by atoms with Crippen molar-refractivity contribution in [3.63, 3.8) is 0 Å². The van der Waals surface area contributed by atoms with Crippen LogP contribution >= 0.6 is 0 Å². The molecule has 2 atom stereocenters. The number of hydrogen-bond donors (Lipinski definition) is 1. The molecule has 38 heavy (non-hydrogen) atoms. The molecule has 2 amide bonds. The van der Waals surface area contributed by atoms with E-state index < -0.39 is 41.2 Å². The van der Waals surface area contributed by atoms with Gasteiger partial charge in [-0.15, -0.1) is 0 Å². The predicted octanol–water partition coefficient (Wildman–Crippen LogP) is 5.07. The Morgan fingerprint density at radius 2 is 1.84 bits per heavy atom. The average Bonchev–Trinajstić information content (AvgIpc) is 2.88. The van der Waals surface area contributed by atoms with Gasteiger partial charge in [0.05, 0.1) is 18.1 Å². The number of nitriles is 1. The van der Waals surface area contributed by atoms with Gasteiger partial charge in [-0.1, -0.05) is 30.3 Å². The second-order valence-corrected chi connectivity index (χ2v) is 8.87. The largest absolute Gasteiger partial charge is 0.416 e. The van der Waals surface area contributed by atoms with Crippen molar-refractivity contribution >= 4 is 29.5 Å². The summed E-state index contributed by atoms with van der Waals surface area (Å²) in [6.45, 7) is 4.69. The summed E-state index contributed by atoms with van der Waals surface area (Å²) in [6.07, 6.45) is -3.52. The number of anilines is 1. The molecule has 0 aromatic heterocycles. The highest BCUT2D eigenvalue weighted by molar-refractivity contribution is 6.15. The number of nitrogens with one attached hydrogen (secondary N) is 1. The molecule has 1 N–H and O–H groups in total. The van der Waals surface area contributed by atoms with E-state index in [-0.39, 0.29) is 36.5 Å². The second kappa shape index (κ2) is 11.4. The molecular weight excluding hydrogens is 497 g/mol. The van der Waals surface area contributed by atoms with Crippen LogP contribution in [-0.4, -0.2) is 41.8 Å². The number of Topliss-reactive ketones (excluding diaryl/α,β-unsaturated/α-hetero) is 1. The first kappa shape index (κ1) is 28.3. The molecule has 0 saturated carbocycles. The van der Waals surface area contributed by atoms with Crippen molar-refractivity contribution in [3.05, 3.63) is 76.5 Å². The Morgan fingerprint density at radius 1 is 1.18 bits per heavy atom. The number of allylic oxidation sites excluding steroid dienone is 2. The van der Waals surface area contributed by atoms with Crippen molar-refractivity contribution < 1.29 is 27.6 Å². The molecule has 10 heteroatoms. The van der Waals surface area contributed by atoms with Gasteiger partial charge in [-0.05, 0) is 50.1 Å². The normalized spacial score (nSPS) is 17.7. The lowest BCUT2D eigenvalue weighted by molar-refractivity contribution is -0.142. The molecule has 0 radical (unpaired) electrons. The Morgan fingerprint density at radius 3 is 2.37 bits per heavy atom. The van der Waals surface area contributed by atoms with Crippen LogP contribution in [-0.2, 0) is 20.6 Å². The number of hydrogen-bond acceptors (Lipinski definition) is 5. The number of benzene rings is 2. The molecule has 2 unspecified atom stereocenters. The van der Waals surface area contributed by atoms with Gasteiger partial charge in [-0.3, -0.25) is 19.3 Å². The zero-order valence-corrected chi connectivity index (χ0v) is 21.2. The van der Waals surface area contributed by atoms with E-state index in [4.69, 9.17) is 10.7 Å². The van der Waals surface area contributed by atoms with E-state index in [9.17, 15) is 27.6 Å². The van der Waals surface area contributed by atoms with E-state index in [1.165, 1.54) is 24.8 Å². The monoisotopic (exact) mass is 524 g/mol. The summed E-state index contributed by atoms with van der Waals surface area (Å²) in [4.78, 5) is 43.3. The van der Waals surface area contributed by atoms with Gasteiger partial charge >= 0.3 is 6.18 Å². The van der Waals surface area contributed by atoms with E-state index in [2.05, 4.69) is 0 Å². The van der Waals surface area contributed by atoms with Crippen LogP contribution in [0.3, 0.4) is 0 Å². The van der Waals surface area contributed by atoms with Gasteiger partial charge < -0.3 is 10.3 Å². The lowest BCUT2D eigenvalue weighted by Crippen LogP contribution is -2.52. The van der Waals surface area contributed by atoms with Gasteiger partial charge in [0.25, 0.3) is 0 Å². The van der Waals surface area contributed by atoms with E-state index in [1.54, 1.807) is 31.2 Å². The summed E-state index contributed by atoms with van der Waals surface area (Å²) in [5.41, 5.74) is 0.213. The molecule has 3 rings (SSSR count). The Bertz CT molecular complexity index is 1330. The third-order valence-electron chi connectivity index (χ3n) is 6.58. The summed E-state index contributed by atoms with van der Waals surface area (Å²) in [7, 11) is 0. The number of carbonyl (C=O) groups excluding carboxylic acids is 3. The fourth-order valence-corrected chi connectivity index (χ4v) is 4.79. The summed E-state index contributed by atoms with van der Waals surface area (Å²) >= 11 is 0. The zero-order valence-electron chi connectivity index (χ0n) is 21.2. The Kier molecular flexibility index (Phi) is 8.51. The van der Waals surface area contributed by atoms with Crippen molar-refractivity contribution in [2.45, 2.75) is 39.3 Å². The number of amides is 2. The van der Waals surface area contributed by atoms with Crippen molar-refractivity contribution in [1.82, 2.24) is 4.90 Å². The maximum atomic E-state index is 14.1. The van der Waals surface area contributed by atoms with Gasteiger partial charge in [-0.2, -0.15) is 18.4 Å². The highest BCUT2D eigenvalue weighted by Crippen LogP contribution is 2.44. The van der Waals surface area contributed by atoms with Crippen LogP contribution in [0.15, 0.2) is 59.8 Å². The number of halogens is 3. The summed E-state index contributed by atoms with van der Waals surface area (Å²) < 4.78 is 40.4. The minimum atomic E-state index is -4.67. The van der Waals surface area contributed by atoms with E-state index in [1.807, 2.05) is 6.07 Å². The molecule has 1 aliphatic rings. The van der Waals surface area contributed by atoms with Gasteiger partial charge in [0.2, 0.25) is 11.8 Å². The standard InChI is InChI=1S/C28H27F3N4O3/c1-4-34(14-6-13-32)26(37)25-24(20-11-9-19(16-33)10-12-20)23(18(3)36)17(2)35(27(25)38)22-8-5-7-21(15-22)28(29,30)31/h5,7-12,15-16,24-25,33H,4,6,14H2,1-3H3. The third-order valence-corrected chi connectivity index (χ3v) is 6.58. The first-order valence-corrected chi connectivity index (χ1v) is 11.9. The summed E-state index contributed by atoms with van der Waals surface area (Å²) in [5, 5.41) is 16.5. The minimum Gasteiger partial charge on any atom is -0.341 e. The highest BCUT2D eigenvalue weighted by atomic mass is 19.4. The lowest BCUT2D eigenvalue weighted by Gasteiger charge is -2.41. The molecule has 2 aromatic carbocycles. The SMILES string of the molecule is CCN(CCC#N)C(=O)C1C(=O)N(c2cccc(C(F)(F)F)c2)C(C)=C(C(C)=O)C1c1ccc(C=N)cc1. The van der Waals surface area contributed by atoms with Crippen molar-refractivity contribution in [3.8, 4) is 6.07 Å². The number of nitrogens with zero attached hydrogens (tertiary/aromatic N) is 3. The summed E-state index contributed by atoms with van der Waals surface area (Å²) in [5.74, 6) is -4.31. The molecule has 0 bridgehead atoms. The first-order valence-electron chi connectivity index (χ1n) is 11.9. The minimum absolute atomic E-state index is 0.0188. The zero-order chi connectivity index (χ0) is 28.2. The van der Waals surface area contributed by atoms with Crippen LogP contribution in [0.1, 0.15) is 49.8 Å². The van der Waals surface area contributed by atoms with E-state index in [0.717, 1.165) is 29.3 Å². The molecule has 0 fully saturated rings. The Balaban J connectivity index is 2.29. The molecule has 0 spiro atoms. The molecule has 7 nitrogen and oxygen atoms in total. The molecule has 198 valence electrons. The maximum Gasteiger partial charge on any atom is 0.416 e. The molecule has 1 heterocycles. The number of rotatable bonds is 8. The quantitative estimate of drug-likeness (QED) is 0.384. The average molecular weight is 525 g/mol. The van der Waals surface area contributed by atoms with Crippen LogP contribution in [0.5, 0.6) is 0 Å². The molecule has 0 saturated heterocycles. The van der Waals surface area contributed by atoms with Crippen LogP contribution in [0.25, 0.3) is 0 Å². The fourth-order valence-electron chi connectivity index (χ4n) is 4.79. The predicted molar refractivity (Wildman–Crippen MR) is 135 cm³/mol. The number of ketones is 1. The molecule has 1 aliphatic heterocycles. The number of alkyl halides is 3. The van der Waals surface area contributed by atoms with Gasteiger partial charge in [0, 0.05) is 42.2 Å². The van der Waals surface area contributed by atoms with Crippen molar-refractivity contribution in [2.75, 3.05) is 18.0 Å². The molecule has 2 aromatic rings. The van der Waals surface area contributed by atoms with Crippen LogP contribution in [0, 0.1) is 22.7 Å². The van der Waals surface area contributed by atoms with Crippen LogP contribution < -0.4 is 4.90 Å². The highest BCUT2D eigenvalue weighted by Gasteiger charge is 2.48. The Hall–Kier alpha value is -4.26. The topological polar surface area (TPSA) is 105 Å². The van der Waals surface area contributed by atoms with Crippen molar-refractivity contribution in [1.29, 1.82) is 10.7 Å². The molecule has 0 aliphatic carbocycles. The van der Waals surface area contributed by atoms with Crippen LogP contribution in [0.4, 0.5) is 18.9 Å². The molecular formula is C28H27F3N4O3. The number of carbonyl (C=O) groups is 3. The maximum absolute atomic E-state index is 14.1. The van der Waals surface area contributed by atoms with Crippen LogP contribution in [0.2, 0.25) is 0 Å². The Labute approximate surface area is 218 Å². The fraction of sp³-hybridized carbons (Fsp3) is 0.321. The van der Waals surface area contributed by atoms with Gasteiger partial charge in [0.1, 0.15) is 5.92 Å².